The second-order valence-corrected chi connectivity index (χ2v) is 11.3. The maximum absolute atomic E-state index is 12.9. The van der Waals surface area contributed by atoms with Crippen molar-refractivity contribution in [2.75, 3.05) is 13.2 Å². The molecular formula is C18H28N4O12P2. The number of hydrogen-bond donors (Lipinski definition) is 4. The summed E-state index contributed by atoms with van der Waals surface area (Å²) in [6.45, 7) is 3.19. The van der Waals surface area contributed by atoms with Crippen LogP contribution in [0.2, 0.25) is 0 Å². The quantitative estimate of drug-likeness (QED) is 0.219. The number of aromatic nitrogens is 4. The van der Waals surface area contributed by atoms with E-state index in [1.54, 1.807) is 13.8 Å². The molecule has 0 amide bonds. The zero-order valence-electron chi connectivity index (χ0n) is 19.4. The van der Waals surface area contributed by atoms with Gasteiger partial charge in [0.05, 0.1) is 19.5 Å². The number of fused-ring (bicyclic) bond motifs is 2. The number of aryl methyl sites for hydroxylation is 1. The Labute approximate surface area is 204 Å². The van der Waals surface area contributed by atoms with E-state index in [0.717, 1.165) is 0 Å². The van der Waals surface area contributed by atoms with E-state index >= 15 is 0 Å². The Balaban J connectivity index is 1.47. The van der Waals surface area contributed by atoms with Gasteiger partial charge in [-0.05, 0) is 33.1 Å². The topological polar surface area (TPSA) is 214 Å². The first kappa shape index (κ1) is 27.5. The Hall–Kier alpha value is -1.55. The molecule has 0 aromatic carbocycles. The van der Waals surface area contributed by atoms with Crippen LogP contribution in [0, 0.1) is 0 Å². The number of imidazole rings is 1. The minimum Gasteiger partial charge on any atom is -0.347 e. The number of phosphoric ester groups is 2. The van der Waals surface area contributed by atoms with Crippen molar-refractivity contribution in [3.63, 3.8) is 0 Å². The second kappa shape index (κ2) is 10.3. The van der Waals surface area contributed by atoms with Crippen molar-refractivity contribution in [3.05, 3.63) is 23.0 Å². The van der Waals surface area contributed by atoms with E-state index in [2.05, 4.69) is 19.0 Å². The van der Waals surface area contributed by atoms with Gasteiger partial charge in [-0.15, -0.1) is 0 Å². The van der Waals surface area contributed by atoms with Crippen LogP contribution >= 0.6 is 15.6 Å². The van der Waals surface area contributed by atoms with Crippen molar-refractivity contribution >= 4 is 26.8 Å². The van der Waals surface area contributed by atoms with E-state index in [0.29, 0.717) is 25.8 Å². The molecule has 16 nitrogen and oxygen atoms in total. The van der Waals surface area contributed by atoms with Gasteiger partial charge in [-0.3, -0.25) is 23.0 Å². The van der Waals surface area contributed by atoms with Crippen molar-refractivity contribution in [1.29, 1.82) is 0 Å². The van der Waals surface area contributed by atoms with Gasteiger partial charge < -0.3 is 33.8 Å². The summed E-state index contributed by atoms with van der Waals surface area (Å²) in [5.41, 5.74) is -0.0550. The van der Waals surface area contributed by atoms with Crippen molar-refractivity contribution < 1.29 is 52.0 Å². The van der Waals surface area contributed by atoms with Crippen LogP contribution in [0.1, 0.15) is 39.3 Å². The molecule has 4 atom stereocenters. The Morgan fingerprint density at radius 2 is 1.69 bits per heavy atom. The largest absolute Gasteiger partial charge is 0.469 e. The predicted molar refractivity (Wildman–Crippen MR) is 119 cm³/mol. The van der Waals surface area contributed by atoms with E-state index in [4.69, 9.17) is 33.8 Å². The summed E-state index contributed by atoms with van der Waals surface area (Å²) in [7, 11) is -9.22. The molecule has 4 heterocycles. The lowest BCUT2D eigenvalue weighted by Crippen LogP contribution is -2.32. The maximum atomic E-state index is 12.9. The fourth-order valence-corrected chi connectivity index (χ4v) is 4.93. The molecule has 2 fully saturated rings. The summed E-state index contributed by atoms with van der Waals surface area (Å²) in [5.74, 6) is -0.982. The average molecular weight is 554 g/mol. The van der Waals surface area contributed by atoms with E-state index in [1.807, 2.05) is 0 Å². The van der Waals surface area contributed by atoms with Crippen LogP contribution in [-0.2, 0) is 38.9 Å². The molecule has 2 aromatic heterocycles. The molecule has 0 radical (unpaired) electrons. The van der Waals surface area contributed by atoms with Crippen LogP contribution < -0.4 is 5.56 Å². The molecule has 36 heavy (non-hydrogen) atoms. The van der Waals surface area contributed by atoms with Crippen LogP contribution in [0.4, 0.5) is 0 Å². The normalized spacial score (nSPS) is 26.1. The Kier molecular flexibility index (Phi) is 7.87. The van der Waals surface area contributed by atoms with Gasteiger partial charge in [0.1, 0.15) is 24.6 Å². The van der Waals surface area contributed by atoms with Crippen molar-refractivity contribution in [2.24, 2.45) is 0 Å². The third kappa shape index (κ3) is 6.47. The number of nitrogens with zero attached hydrogens (tertiary/aromatic N) is 4. The standard InChI is InChI=1S/C18H28N4O12P2/c1-18(2)33-13-11(8-31-36(27,28)29)32-17(14(13)34-18)22-10-19-12-15(22)20-9-21(16(12)23)6-4-3-5-7-30-35(24,25)26/h9-11,13-14,17H,3-8H2,1-2H3,(H2,24,25,26)(H2,27,28,29)/t11-,13-,14-,17-/m1/s1. The average Bonchev–Trinajstić information content (AvgIpc) is 3.40. The predicted octanol–water partition coefficient (Wildman–Crippen LogP) is 0.399. The minimum absolute atomic E-state index is 0.0901. The number of ether oxygens (including phenoxy) is 3. The van der Waals surface area contributed by atoms with E-state index in [-0.39, 0.29) is 23.3 Å². The van der Waals surface area contributed by atoms with Gasteiger partial charge >= 0.3 is 15.6 Å². The van der Waals surface area contributed by atoms with Gasteiger partial charge in [-0.1, -0.05) is 0 Å². The summed E-state index contributed by atoms with van der Waals surface area (Å²) < 4.78 is 51.6. The van der Waals surface area contributed by atoms with Gasteiger partial charge in [0, 0.05) is 6.54 Å². The molecule has 18 heteroatoms. The number of phosphoric acid groups is 2. The van der Waals surface area contributed by atoms with Crippen molar-refractivity contribution in [3.8, 4) is 0 Å². The Bertz CT molecular complexity index is 1240. The zero-order chi connectivity index (χ0) is 26.3. The fraction of sp³-hybridized carbons (Fsp3) is 0.722. The molecule has 2 saturated heterocycles. The van der Waals surface area contributed by atoms with Crippen LogP contribution in [-0.4, -0.2) is 76.0 Å². The first-order valence-electron chi connectivity index (χ1n) is 11.1. The summed E-state index contributed by atoms with van der Waals surface area (Å²) >= 11 is 0. The highest BCUT2D eigenvalue weighted by atomic mass is 31.2. The van der Waals surface area contributed by atoms with Crippen molar-refractivity contribution in [1.82, 2.24) is 19.1 Å². The second-order valence-electron chi connectivity index (χ2n) is 8.87. The zero-order valence-corrected chi connectivity index (χ0v) is 21.2. The first-order chi connectivity index (χ1) is 16.7. The Morgan fingerprint density at radius 1 is 1.00 bits per heavy atom. The van der Waals surface area contributed by atoms with Gasteiger partial charge in [0.15, 0.2) is 23.2 Å². The van der Waals surface area contributed by atoms with Crippen LogP contribution in [0.3, 0.4) is 0 Å². The molecule has 202 valence electrons. The highest BCUT2D eigenvalue weighted by Gasteiger charge is 2.56. The summed E-state index contributed by atoms with van der Waals surface area (Å²) in [6.07, 6.45) is 1.21. The molecule has 0 saturated carbocycles. The van der Waals surface area contributed by atoms with Gasteiger partial charge in [0.25, 0.3) is 5.56 Å². The molecule has 4 N–H and O–H groups in total. The van der Waals surface area contributed by atoms with E-state index in [9.17, 15) is 13.9 Å². The highest BCUT2D eigenvalue weighted by molar-refractivity contribution is 7.46. The number of unbranched alkanes of at least 4 members (excludes halogenated alkanes) is 2. The summed E-state index contributed by atoms with van der Waals surface area (Å²) in [5, 5.41) is 0. The lowest BCUT2D eigenvalue weighted by Gasteiger charge is -2.24. The molecular weight excluding hydrogens is 526 g/mol. The van der Waals surface area contributed by atoms with Crippen molar-refractivity contribution in [2.45, 2.75) is 70.0 Å². The third-order valence-electron chi connectivity index (χ3n) is 5.66. The smallest absolute Gasteiger partial charge is 0.347 e. The highest BCUT2D eigenvalue weighted by Crippen LogP contribution is 2.45. The molecule has 4 rings (SSSR count). The fourth-order valence-electron chi connectivity index (χ4n) is 4.22. The minimum atomic E-state index is -4.73. The molecule has 2 aliphatic heterocycles. The molecule has 2 aromatic rings. The van der Waals surface area contributed by atoms with Gasteiger partial charge in [-0.2, -0.15) is 0 Å². The van der Waals surface area contributed by atoms with E-state index < -0.39 is 52.6 Å². The lowest BCUT2D eigenvalue weighted by atomic mass is 10.1. The molecule has 0 spiro atoms. The van der Waals surface area contributed by atoms with Crippen LogP contribution in [0.5, 0.6) is 0 Å². The van der Waals surface area contributed by atoms with E-state index in [1.165, 1.54) is 21.8 Å². The summed E-state index contributed by atoms with van der Waals surface area (Å²) in [4.78, 5) is 57.0. The molecule has 0 unspecified atom stereocenters. The van der Waals surface area contributed by atoms with Gasteiger partial charge in [0.2, 0.25) is 0 Å². The van der Waals surface area contributed by atoms with Crippen LogP contribution in [0.15, 0.2) is 17.4 Å². The number of hydrogen-bond acceptors (Lipinski definition) is 10. The first-order valence-corrected chi connectivity index (χ1v) is 14.1. The Morgan fingerprint density at radius 3 is 2.39 bits per heavy atom. The van der Waals surface area contributed by atoms with Gasteiger partial charge in [-0.25, -0.2) is 19.1 Å². The molecule has 0 aliphatic carbocycles. The molecule has 0 bridgehead atoms. The molecule has 2 aliphatic rings. The SMILES string of the molecule is CC1(C)O[C@@H]2[C@H](O1)[C@@H](COP(=O)(O)O)O[C@H]2n1cnc2c(=O)n(CCCCCOP(=O)(O)O)cnc21. The van der Waals surface area contributed by atoms with Crippen LogP contribution in [0.25, 0.3) is 11.2 Å². The monoisotopic (exact) mass is 554 g/mol. The third-order valence-corrected chi connectivity index (χ3v) is 6.66. The number of rotatable bonds is 11. The maximum Gasteiger partial charge on any atom is 0.469 e. The summed E-state index contributed by atoms with van der Waals surface area (Å²) in [6, 6.07) is 0. The lowest BCUT2D eigenvalue weighted by molar-refractivity contribution is -0.199.